The Kier molecular flexibility index (Phi) is 5.54. The molecule has 1 aromatic carbocycles. The van der Waals surface area contributed by atoms with Crippen LogP contribution in [0.1, 0.15) is 17.9 Å². The number of hydrogen-bond donors (Lipinski definition) is 2. The summed E-state index contributed by atoms with van der Waals surface area (Å²) >= 11 is 2.00. The van der Waals surface area contributed by atoms with Crippen LogP contribution in [-0.2, 0) is 0 Å². The van der Waals surface area contributed by atoms with Gasteiger partial charge in [-0.2, -0.15) is 11.8 Å². The molecule has 1 aliphatic rings. The predicted octanol–water partition coefficient (Wildman–Crippen LogP) is 1.96. The maximum absolute atomic E-state index is 8.99. The van der Waals surface area contributed by atoms with Crippen molar-refractivity contribution in [3.8, 4) is 0 Å². The number of thioether (sulfide) groups is 1. The molecule has 19 heavy (non-hydrogen) atoms. The maximum atomic E-state index is 8.99. The second-order valence-corrected chi connectivity index (χ2v) is 5.98. The van der Waals surface area contributed by atoms with E-state index in [1.54, 1.807) is 0 Å². The maximum Gasteiger partial charge on any atom is 0.147 e. The van der Waals surface area contributed by atoms with Crippen LogP contribution in [-0.4, -0.2) is 47.1 Å². The molecule has 0 aliphatic carbocycles. The van der Waals surface area contributed by atoms with Crippen molar-refractivity contribution in [1.82, 2.24) is 4.90 Å². The highest BCUT2D eigenvalue weighted by molar-refractivity contribution is 7.99. The highest BCUT2D eigenvalue weighted by Crippen LogP contribution is 2.19. The Bertz CT molecular complexity index is 402. The monoisotopic (exact) mass is 279 g/mol. The first-order chi connectivity index (χ1) is 9.31. The zero-order chi connectivity index (χ0) is 13.5. The predicted molar refractivity (Wildman–Crippen MR) is 81.0 cm³/mol. The summed E-state index contributed by atoms with van der Waals surface area (Å²) in [5.74, 6) is 2.66. The summed E-state index contributed by atoms with van der Waals surface area (Å²) in [5, 5.41) is 12.2. The number of oxime groups is 1. The van der Waals surface area contributed by atoms with Gasteiger partial charge in [-0.3, -0.25) is 0 Å². The van der Waals surface area contributed by atoms with E-state index >= 15 is 0 Å². The van der Waals surface area contributed by atoms with Crippen LogP contribution >= 0.6 is 11.8 Å². The SMILES string of the molecule is NC(=NO)C(CN1CCCSCC1)c1ccccc1. The molecule has 104 valence electrons. The molecule has 0 saturated carbocycles. The zero-order valence-corrected chi connectivity index (χ0v) is 11.9. The second-order valence-electron chi connectivity index (χ2n) is 4.75. The topological polar surface area (TPSA) is 61.9 Å². The molecule has 1 aromatic rings. The molecule has 5 heteroatoms. The summed E-state index contributed by atoms with van der Waals surface area (Å²) in [6, 6.07) is 10.0. The zero-order valence-electron chi connectivity index (χ0n) is 11.0. The molecule has 1 atom stereocenters. The average molecular weight is 279 g/mol. The van der Waals surface area contributed by atoms with Crippen LogP contribution in [0.2, 0.25) is 0 Å². The Morgan fingerprint density at radius 1 is 1.32 bits per heavy atom. The second kappa shape index (κ2) is 7.40. The normalized spacial score (nSPS) is 19.9. The third-order valence-corrected chi connectivity index (χ3v) is 4.48. The van der Waals surface area contributed by atoms with Gasteiger partial charge >= 0.3 is 0 Å². The minimum Gasteiger partial charge on any atom is -0.409 e. The minimum absolute atomic E-state index is 0.0331. The third kappa shape index (κ3) is 4.14. The molecule has 0 spiro atoms. The van der Waals surface area contributed by atoms with Gasteiger partial charge in [0.1, 0.15) is 5.84 Å². The standard InChI is InChI=1S/C14H21N3OS/c15-14(16-18)13(12-5-2-1-3-6-12)11-17-7-4-9-19-10-8-17/h1-3,5-6,13,18H,4,7-11H2,(H2,15,16). The number of nitrogens with zero attached hydrogens (tertiary/aromatic N) is 2. The third-order valence-electron chi connectivity index (χ3n) is 3.43. The average Bonchev–Trinajstić information content (AvgIpc) is 2.73. The molecule has 1 aliphatic heterocycles. The minimum atomic E-state index is -0.0331. The van der Waals surface area contributed by atoms with Gasteiger partial charge in [-0.25, -0.2) is 0 Å². The van der Waals surface area contributed by atoms with E-state index in [0.29, 0.717) is 5.84 Å². The molecule has 0 bridgehead atoms. The van der Waals surface area contributed by atoms with E-state index in [-0.39, 0.29) is 5.92 Å². The summed E-state index contributed by atoms with van der Waals surface area (Å²) < 4.78 is 0. The van der Waals surface area contributed by atoms with Crippen LogP contribution in [0, 0.1) is 0 Å². The van der Waals surface area contributed by atoms with Gasteiger partial charge in [-0.1, -0.05) is 35.5 Å². The first-order valence-electron chi connectivity index (χ1n) is 6.63. The Hall–Kier alpha value is -1.20. The molecule has 2 rings (SSSR count). The lowest BCUT2D eigenvalue weighted by Crippen LogP contribution is -2.36. The fraction of sp³-hybridized carbons (Fsp3) is 0.500. The molecule has 1 saturated heterocycles. The molecule has 3 N–H and O–H groups in total. The number of amidine groups is 1. The summed E-state index contributed by atoms with van der Waals surface area (Å²) in [6.45, 7) is 2.99. The van der Waals surface area contributed by atoms with Gasteiger partial charge in [0.05, 0.1) is 5.92 Å². The lowest BCUT2D eigenvalue weighted by Gasteiger charge is -2.25. The number of hydrogen-bond acceptors (Lipinski definition) is 4. The molecule has 0 radical (unpaired) electrons. The van der Waals surface area contributed by atoms with E-state index in [0.717, 1.165) is 31.0 Å². The number of rotatable bonds is 4. The number of benzene rings is 1. The first kappa shape index (κ1) is 14.2. The van der Waals surface area contributed by atoms with Gasteiger partial charge in [-0.15, -0.1) is 0 Å². The van der Waals surface area contributed by atoms with Gasteiger partial charge in [0.25, 0.3) is 0 Å². The molecule has 1 fully saturated rings. The van der Waals surface area contributed by atoms with E-state index in [9.17, 15) is 0 Å². The summed E-state index contributed by atoms with van der Waals surface area (Å²) in [6.07, 6.45) is 1.21. The van der Waals surface area contributed by atoms with E-state index in [2.05, 4.69) is 10.1 Å². The van der Waals surface area contributed by atoms with E-state index in [1.165, 1.54) is 12.2 Å². The van der Waals surface area contributed by atoms with E-state index < -0.39 is 0 Å². The summed E-state index contributed by atoms with van der Waals surface area (Å²) in [7, 11) is 0. The van der Waals surface area contributed by atoms with Crippen LogP contribution < -0.4 is 5.73 Å². The van der Waals surface area contributed by atoms with Gasteiger partial charge < -0.3 is 15.8 Å². The highest BCUT2D eigenvalue weighted by Gasteiger charge is 2.21. The smallest absolute Gasteiger partial charge is 0.147 e. The van der Waals surface area contributed by atoms with Crippen LogP contribution in [0.3, 0.4) is 0 Å². The van der Waals surface area contributed by atoms with Crippen molar-refractivity contribution in [3.05, 3.63) is 35.9 Å². The quantitative estimate of drug-likeness (QED) is 0.383. The lowest BCUT2D eigenvalue weighted by molar-refractivity contribution is 0.284. The largest absolute Gasteiger partial charge is 0.409 e. The molecule has 0 amide bonds. The molecule has 1 unspecified atom stereocenters. The van der Waals surface area contributed by atoms with Crippen molar-refractivity contribution in [2.45, 2.75) is 12.3 Å². The van der Waals surface area contributed by atoms with Gasteiger partial charge in [0, 0.05) is 18.8 Å². The van der Waals surface area contributed by atoms with Crippen molar-refractivity contribution < 1.29 is 5.21 Å². The van der Waals surface area contributed by atoms with Crippen LogP contribution in [0.25, 0.3) is 0 Å². The Morgan fingerprint density at radius 3 is 2.84 bits per heavy atom. The molecule has 0 aromatic heterocycles. The fourth-order valence-electron chi connectivity index (χ4n) is 2.36. The van der Waals surface area contributed by atoms with Crippen molar-refractivity contribution in [1.29, 1.82) is 0 Å². The summed E-state index contributed by atoms with van der Waals surface area (Å²) in [4.78, 5) is 2.41. The number of nitrogens with two attached hydrogens (primary N) is 1. The van der Waals surface area contributed by atoms with Gasteiger partial charge in [-0.05, 0) is 24.3 Å². The first-order valence-corrected chi connectivity index (χ1v) is 7.79. The fourth-order valence-corrected chi connectivity index (χ4v) is 3.29. The Morgan fingerprint density at radius 2 is 2.11 bits per heavy atom. The van der Waals surface area contributed by atoms with Crippen LogP contribution in [0.15, 0.2) is 35.5 Å². The molecule has 1 heterocycles. The van der Waals surface area contributed by atoms with E-state index in [1.807, 2.05) is 42.1 Å². The van der Waals surface area contributed by atoms with Crippen LogP contribution in [0.4, 0.5) is 0 Å². The summed E-state index contributed by atoms with van der Waals surface area (Å²) in [5.41, 5.74) is 6.98. The van der Waals surface area contributed by atoms with Crippen molar-refractivity contribution in [2.75, 3.05) is 31.1 Å². The van der Waals surface area contributed by atoms with Gasteiger partial charge in [0.2, 0.25) is 0 Å². The van der Waals surface area contributed by atoms with Crippen molar-refractivity contribution in [2.24, 2.45) is 10.9 Å². The Balaban J connectivity index is 2.10. The van der Waals surface area contributed by atoms with Crippen molar-refractivity contribution in [3.63, 3.8) is 0 Å². The Labute approximate surface area is 118 Å². The molecular formula is C14H21N3OS. The lowest BCUT2D eigenvalue weighted by atomic mass is 9.97. The molecular weight excluding hydrogens is 258 g/mol. The highest BCUT2D eigenvalue weighted by atomic mass is 32.2. The van der Waals surface area contributed by atoms with Crippen LogP contribution in [0.5, 0.6) is 0 Å². The molecule has 4 nitrogen and oxygen atoms in total. The van der Waals surface area contributed by atoms with E-state index in [4.69, 9.17) is 10.9 Å². The van der Waals surface area contributed by atoms with Crippen molar-refractivity contribution >= 4 is 17.6 Å². The van der Waals surface area contributed by atoms with Gasteiger partial charge in [0.15, 0.2) is 0 Å².